The van der Waals surface area contributed by atoms with Crippen molar-refractivity contribution in [1.29, 1.82) is 0 Å². The molecule has 1 saturated heterocycles. The lowest BCUT2D eigenvalue weighted by Gasteiger charge is -2.39. The fraction of sp³-hybridized carbons (Fsp3) is 0.381. The highest BCUT2D eigenvalue weighted by molar-refractivity contribution is 5.95. The Morgan fingerprint density at radius 2 is 2.04 bits per heavy atom. The van der Waals surface area contributed by atoms with Crippen LogP contribution in [0.25, 0.3) is 22.3 Å². The van der Waals surface area contributed by atoms with Crippen LogP contribution in [0, 0.1) is 6.92 Å². The molecule has 1 aliphatic heterocycles. The number of aromatic amines is 1. The van der Waals surface area contributed by atoms with Crippen LogP contribution in [0.2, 0.25) is 0 Å². The minimum Gasteiger partial charge on any atom is -0.343 e. The van der Waals surface area contributed by atoms with Crippen molar-refractivity contribution in [2.75, 3.05) is 26.7 Å². The highest BCUT2D eigenvalue weighted by Crippen LogP contribution is 2.26. The number of aryl methyl sites for hydroxylation is 1. The summed E-state index contributed by atoms with van der Waals surface area (Å²) in [4.78, 5) is 29.1. The van der Waals surface area contributed by atoms with Crippen LogP contribution in [0.15, 0.2) is 36.7 Å². The Hall–Kier alpha value is -2.73. The zero-order valence-corrected chi connectivity index (χ0v) is 16.1. The molecule has 0 unspecified atom stereocenters. The first kappa shape index (κ1) is 17.7. The maximum absolute atomic E-state index is 12.9. The van der Waals surface area contributed by atoms with Crippen molar-refractivity contribution in [2.24, 2.45) is 0 Å². The number of H-pyrrole nitrogens is 1. The maximum Gasteiger partial charge on any atom is 0.253 e. The number of nitrogens with zero attached hydrogens (tertiary/aromatic N) is 4. The van der Waals surface area contributed by atoms with Crippen LogP contribution in [0.4, 0.5) is 0 Å². The Labute approximate surface area is 159 Å². The molecule has 0 bridgehead atoms. The number of hydrogen-bond acceptors (Lipinski definition) is 4. The number of piperazine rings is 1. The van der Waals surface area contributed by atoms with Gasteiger partial charge in [-0.1, -0.05) is 19.1 Å². The summed E-state index contributed by atoms with van der Waals surface area (Å²) in [5, 5.41) is 0. The highest BCUT2D eigenvalue weighted by atomic mass is 16.2. The van der Waals surface area contributed by atoms with Crippen LogP contribution in [0.1, 0.15) is 29.4 Å². The molecule has 1 aromatic carbocycles. The van der Waals surface area contributed by atoms with Gasteiger partial charge in [0.1, 0.15) is 0 Å². The van der Waals surface area contributed by atoms with E-state index in [9.17, 15) is 4.79 Å². The molecular formula is C21H25N5O. The van der Waals surface area contributed by atoms with Gasteiger partial charge in [0, 0.05) is 42.5 Å². The molecule has 0 aliphatic carbocycles. The number of amides is 1. The molecule has 4 rings (SSSR count). The Morgan fingerprint density at radius 3 is 2.78 bits per heavy atom. The quantitative estimate of drug-likeness (QED) is 0.777. The van der Waals surface area contributed by atoms with E-state index in [1.807, 2.05) is 36.1 Å². The van der Waals surface area contributed by atoms with Crippen molar-refractivity contribution < 1.29 is 4.79 Å². The molecule has 1 aliphatic rings. The van der Waals surface area contributed by atoms with E-state index in [4.69, 9.17) is 0 Å². The molecule has 27 heavy (non-hydrogen) atoms. The van der Waals surface area contributed by atoms with E-state index in [2.05, 4.69) is 39.9 Å². The third-order valence-corrected chi connectivity index (χ3v) is 5.58. The average molecular weight is 363 g/mol. The second-order valence-electron chi connectivity index (χ2n) is 7.27. The van der Waals surface area contributed by atoms with Crippen LogP contribution in [0.5, 0.6) is 0 Å². The van der Waals surface area contributed by atoms with Gasteiger partial charge in [0.2, 0.25) is 0 Å². The van der Waals surface area contributed by atoms with Gasteiger partial charge >= 0.3 is 0 Å². The lowest BCUT2D eigenvalue weighted by molar-refractivity contribution is 0.0542. The lowest BCUT2D eigenvalue weighted by Crippen LogP contribution is -2.52. The molecule has 1 N–H and O–H groups in total. The van der Waals surface area contributed by atoms with Crippen molar-refractivity contribution in [2.45, 2.75) is 26.3 Å². The fourth-order valence-corrected chi connectivity index (χ4v) is 3.80. The number of carbonyl (C=O) groups is 1. The topological polar surface area (TPSA) is 65.1 Å². The Balaban J connectivity index is 1.56. The van der Waals surface area contributed by atoms with Crippen LogP contribution in [-0.4, -0.2) is 63.4 Å². The van der Waals surface area contributed by atoms with Gasteiger partial charge in [0.15, 0.2) is 5.65 Å². The summed E-state index contributed by atoms with van der Waals surface area (Å²) in [7, 11) is 2.14. The summed E-state index contributed by atoms with van der Waals surface area (Å²) in [6.45, 7) is 6.67. The zero-order valence-electron chi connectivity index (χ0n) is 16.1. The zero-order chi connectivity index (χ0) is 19.0. The number of carbonyl (C=O) groups excluding carboxylic acids is 1. The van der Waals surface area contributed by atoms with E-state index in [-0.39, 0.29) is 5.91 Å². The van der Waals surface area contributed by atoms with Crippen LogP contribution in [0.3, 0.4) is 0 Å². The van der Waals surface area contributed by atoms with Gasteiger partial charge in [-0.2, -0.15) is 0 Å². The first-order valence-electron chi connectivity index (χ1n) is 9.47. The molecule has 1 fully saturated rings. The number of likely N-dealkylation sites (N-methyl/N-ethyl adjacent to an activating group) is 1. The Morgan fingerprint density at radius 1 is 1.26 bits per heavy atom. The molecule has 1 amide bonds. The van der Waals surface area contributed by atoms with E-state index in [1.165, 1.54) is 0 Å². The van der Waals surface area contributed by atoms with Crippen LogP contribution < -0.4 is 0 Å². The normalized spacial score (nSPS) is 18.2. The first-order chi connectivity index (χ1) is 13.1. The predicted octanol–water partition coefficient (Wildman–Crippen LogP) is 3.10. The molecule has 2 aromatic heterocycles. The monoisotopic (exact) mass is 363 g/mol. The van der Waals surface area contributed by atoms with E-state index in [1.54, 1.807) is 6.33 Å². The molecule has 0 radical (unpaired) electrons. The Bertz CT molecular complexity index is 962. The first-order valence-corrected chi connectivity index (χ1v) is 9.47. The second-order valence-corrected chi connectivity index (χ2v) is 7.27. The lowest BCUT2D eigenvalue weighted by atomic mass is 10.0. The summed E-state index contributed by atoms with van der Waals surface area (Å²) in [5.41, 5.74) is 5.42. The minimum absolute atomic E-state index is 0.118. The summed E-state index contributed by atoms with van der Waals surface area (Å²) in [6.07, 6.45) is 2.71. The summed E-state index contributed by atoms with van der Waals surface area (Å²) in [6, 6.07) is 10.4. The molecule has 6 heteroatoms. The highest BCUT2D eigenvalue weighted by Gasteiger charge is 2.26. The number of pyridine rings is 1. The second kappa shape index (κ2) is 7.12. The maximum atomic E-state index is 12.9. The number of imidazole rings is 1. The Kier molecular flexibility index (Phi) is 4.66. The molecular weight excluding hydrogens is 338 g/mol. The largest absolute Gasteiger partial charge is 0.343 e. The SMILES string of the molecule is CC[C@H]1CN(C(=O)c2ccc(-c3cc4[nH]cnc4nc3C)cc2)CCN1C. The smallest absolute Gasteiger partial charge is 0.253 e. The third-order valence-electron chi connectivity index (χ3n) is 5.58. The third kappa shape index (κ3) is 3.32. The van der Waals surface area contributed by atoms with Crippen LogP contribution >= 0.6 is 0 Å². The van der Waals surface area contributed by atoms with Gasteiger partial charge in [0.05, 0.1) is 11.8 Å². The van der Waals surface area contributed by atoms with Gasteiger partial charge in [-0.3, -0.25) is 9.69 Å². The van der Waals surface area contributed by atoms with Crippen molar-refractivity contribution in [3.8, 4) is 11.1 Å². The van der Waals surface area contributed by atoms with Crippen molar-refractivity contribution in [1.82, 2.24) is 24.8 Å². The van der Waals surface area contributed by atoms with Crippen molar-refractivity contribution in [3.05, 3.63) is 47.9 Å². The molecule has 0 spiro atoms. The molecule has 3 aromatic rings. The number of rotatable bonds is 3. The van der Waals surface area contributed by atoms with Gasteiger partial charge in [0.25, 0.3) is 5.91 Å². The minimum atomic E-state index is 0.118. The van der Waals surface area contributed by atoms with E-state index >= 15 is 0 Å². The van der Waals surface area contributed by atoms with Crippen molar-refractivity contribution >= 4 is 17.1 Å². The predicted molar refractivity (Wildman–Crippen MR) is 107 cm³/mol. The van der Waals surface area contributed by atoms with Gasteiger partial charge in [-0.05, 0) is 44.2 Å². The molecule has 140 valence electrons. The van der Waals surface area contributed by atoms with Gasteiger partial charge < -0.3 is 9.88 Å². The molecule has 1 atom stereocenters. The van der Waals surface area contributed by atoms with Gasteiger partial charge in [-0.25, -0.2) is 9.97 Å². The van der Waals surface area contributed by atoms with E-state index in [0.717, 1.165) is 59.6 Å². The number of aromatic nitrogens is 3. The van der Waals surface area contributed by atoms with Crippen molar-refractivity contribution in [3.63, 3.8) is 0 Å². The number of hydrogen-bond donors (Lipinski definition) is 1. The molecule has 0 saturated carbocycles. The number of fused-ring (bicyclic) bond motifs is 1. The summed E-state index contributed by atoms with van der Waals surface area (Å²) >= 11 is 0. The van der Waals surface area contributed by atoms with Gasteiger partial charge in [-0.15, -0.1) is 0 Å². The number of benzene rings is 1. The van der Waals surface area contributed by atoms with E-state index < -0.39 is 0 Å². The van der Waals surface area contributed by atoms with E-state index in [0.29, 0.717) is 6.04 Å². The van der Waals surface area contributed by atoms with Crippen LogP contribution in [-0.2, 0) is 0 Å². The average Bonchev–Trinajstić information content (AvgIpc) is 3.14. The summed E-state index contributed by atoms with van der Waals surface area (Å²) < 4.78 is 0. The fourth-order valence-electron chi connectivity index (χ4n) is 3.80. The molecule has 3 heterocycles. The molecule has 6 nitrogen and oxygen atoms in total. The number of nitrogens with one attached hydrogen (secondary N) is 1. The standard InChI is InChI=1S/C21H25N5O/c1-4-17-12-26(10-9-25(17)3)21(27)16-7-5-15(6-8-16)18-11-19-20(23-13-22-19)24-14(18)2/h5-8,11,13,17H,4,9-10,12H2,1-3H3,(H,22,23,24)/t17-/m0/s1. The summed E-state index contributed by atoms with van der Waals surface area (Å²) in [5.74, 6) is 0.118.